The van der Waals surface area contributed by atoms with Gasteiger partial charge in [0.25, 0.3) is 0 Å². The lowest BCUT2D eigenvalue weighted by Crippen LogP contribution is -2.49. The van der Waals surface area contributed by atoms with Crippen LogP contribution in [0.5, 0.6) is 0 Å². The molecule has 0 unspecified atom stereocenters. The van der Waals surface area contributed by atoms with E-state index in [9.17, 15) is 0 Å². The first-order chi connectivity index (χ1) is 9.05. The molecule has 0 amide bonds. The number of likely N-dealkylation sites (N-methyl/N-ethyl adjacent to an activating group) is 1. The highest BCUT2D eigenvalue weighted by molar-refractivity contribution is 5.01. The van der Waals surface area contributed by atoms with Gasteiger partial charge in [0.1, 0.15) is 0 Å². The Morgan fingerprint density at radius 3 is 2.63 bits per heavy atom. The van der Waals surface area contributed by atoms with Crippen molar-refractivity contribution in [3.8, 4) is 0 Å². The number of nitrogens with one attached hydrogen (secondary N) is 1. The summed E-state index contributed by atoms with van der Waals surface area (Å²) in [6, 6.07) is 0.480. The van der Waals surface area contributed by atoms with Gasteiger partial charge in [-0.1, -0.05) is 12.8 Å². The van der Waals surface area contributed by atoms with Crippen molar-refractivity contribution in [1.29, 1.82) is 0 Å². The lowest BCUT2D eigenvalue weighted by molar-refractivity contribution is 0.153. The first kappa shape index (κ1) is 14.5. The topological polar surface area (TPSA) is 33.1 Å². The van der Waals surface area contributed by atoms with E-state index in [0.717, 1.165) is 13.1 Å². The van der Waals surface area contributed by atoms with Crippen molar-refractivity contribution < 1.29 is 0 Å². The summed E-state index contributed by atoms with van der Waals surface area (Å²) in [5, 5.41) is 3.64. The van der Waals surface area contributed by atoms with Gasteiger partial charge in [-0.15, -0.1) is 0 Å². The highest BCUT2D eigenvalue weighted by Crippen LogP contribution is 2.33. The van der Waals surface area contributed by atoms with Crippen molar-refractivity contribution in [1.82, 2.24) is 19.8 Å². The lowest BCUT2D eigenvalue weighted by Gasteiger charge is -2.36. The van der Waals surface area contributed by atoms with Crippen LogP contribution in [0.2, 0.25) is 0 Å². The van der Waals surface area contributed by atoms with Crippen LogP contribution in [0.3, 0.4) is 0 Å². The van der Waals surface area contributed by atoms with Gasteiger partial charge in [0.2, 0.25) is 0 Å². The van der Waals surface area contributed by atoms with Crippen LogP contribution in [-0.4, -0.2) is 40.6 Å². The molecule has 1 aromatic heterocycles. The molecule has 4 heteroatoms. The Hall–Kier alpha value is -0.870. The summed E-state index contributed by atoms with van der Waals surface area (Å²) in [6.07, 6.45) is 9.27. The zero-order chi connectivity index (χ0) is 13.9. The predicted octanol–water partition coefficient (Wildman–Crippen LogP) is 2.43. The molecule has 1 aliphatic rings. The third-order valence-electron chi connectivity index (χ3n) is 4.55. The lowest BCUT2D eigenvalue weighted by atomic mass is 9.96. The monoisotopic (exact) mass is 264 g/mol. The minimum absolute atomic E-state index is 0.364. The molecule has 108 valence electrons. The zero-order valence-corrected chi connectivity index (χ0v) is 12.8. The van der Waals surface area contributed by atoms with E-state index >= 15 is 0 Å². The number of nitrogens with zero attached hydrogens (tertiary/aromatic N) is 3. The maximum atomic E-state index is 4.26. The van der Waals surface area contributed by atoms with Gasteiger partial charge in [-0.05, 0) is 40.8 Å². The molecular weight excluding hydrogens is 236 g/mol. The number of aromatic nitrogens is 2. The molecule has 0 spiro atoms. The van der Waals surface area contributed by atoms with Crippen LogP contribution in [0, 0.1) is 0 Å². The van der Waals surface area contributed by atoms with E-state index in [-0.39, 0.29) is 0 Å². The van der Waals surface area contributed by atoms with Gasteiger partial charge >= 0.3 is 0 Å². The quantitative estimate of drug-likeness (QED) is 0.856. The van der Waals surface area contributed by atoms with E-state index < -0.39 is 0 Å². The van der Waals surface area contributed by atoms with Crippen LogP contribution in [0.15, 0.2) is 12.5 Å². The first-order valence-electron chi connectivity index (χ1n) is 7.44. The maximum Gasteiger partial charge on any atom is 0.0951 e. The standard InChI is InChI=1S/C15H28N4/c1-13(2)19-12-17-10-14(19)9-16-11-15(18(3)4)7-5-6-8-15/h10,12-13,16H,5-9,11H2,1-4H3. The van der Waals surface area contributed by atoms with Crippen LogP contribution in [0.4, 0.5) is 0 Å². The van der Waals surface area contributed by atoms with Gasteiger partial charge in [-0.2, -0.15) is 0 Å². The Bertz CT molecular complexity index is 389. The zero-order valence-electron chi connectivity index (χ0n) is 12.8. The third-order valence-corrected chi connectivity index (χ3v) is 4.55. The van der Waals surface area contributed by atoms with Gasteiger partial charge in [-0.25, -0.2) is 4.98 Å². The largest absolute Gasteiger partial charge is 0.331 e. The normalized spacial score (nSPS) is 18.6. The van der Waals surface area contributed by atoms with Gasteiger partial charge in [0.15, 0.2) is 0 Å². The molecule has 4 nitrogen and oxygen atoms in total. The maximum absolute atomic E-state index is 4.26. The summed E-state index contributed by atoms with van der Waals surface area (Å²) in [7, 11) is 4.43. The number of rotatable bonds is 6. The summed E-state index contributed by atoms with van der Waals surface area (Å²) in [5.74, 6) is 0. The average Bonchev–Trinajstić information content (AvgIpc) is 2.98. The van der Waals surface area contributed by atoms with Crippen molar-refractivity contribution in [3.05, 3.63) is 18.2 Å². The van der Waals surface area contributed by atoms with Gasteiger partial charge in [0.05, 0.1) is 12.0 Å². The van der Waals surface area contributed by atoms with E-state index in [1.165, 1.54) is 31.4 Å². The Morgan fingerprint density at radius 2 is 2.05 bits per heavy atom. The SMILES string of the molecule is CC(C)n1cncc1CNCC1(N(C)C)CCCC1. The van der Waals surface area contributed by atoms with Crippen LogP contribution >= 0.6 is 0 Å². The molecule has 19 heavy (non-hydrogen) atoms. The van der Waals surface area contributed by atoms with Crippen LogP contribution in [-0.2, 0) is 6.54 Å². The Balaban J connectivity index is 1.90. The van der Waals surface area contributed by atoms with E-state index in [1.807, 2.05) is 12.5 Å². The fourth-order valence-corrected chi connectivity index (χ4v) is 3.17. The molecule has 0 aromatic carbocycles. The van der Waals surface area contributed by atoms with Crippen molar-refractivity contribution in [2.24, 2.45) is 0 Å². The highest BCUT2D eigenvalue weighted by Gasteiger charge is 2.35. The fraction of sp³-hybridized carbons (Fsp3) is 0.800. The minimum Gasteiger partial charge on any atom is -0.331 e. The summed E-state index contributed by atoms with van der Waals surface area (Å²) in [5.41, 5.74) is 1.64. The predicted molar refractivity (Wildman–Crippen MR) is 79.2 cm³/mol. The Labute approximate surface area is 117 Å². The Morgan fingerprint density at radius 1 is 1.37 bits per heavy atom. The molecule has 0 bridgehead atoms. The molecule has 0 radical (unpaired) electrons. The van der Waals surface area contributed by atoms with E-state index in [1.54, 1.807) is 0 Å². The number of imidazole rings is 1. The second-order valence-electron chi connectivity index (χ2n) is 6.32. The molecule has 1 aliphatic carbocycles. The second kappa shape index (κ2) is 6.06. The molecule has 1 aromatic rings. The molecule has 0 saturated heterocycles. The molecular formula is C15H28N4. The first-order valence-corrected chi connectivity index (χ1v) is 7.44. The Kier molecular flexibility index (Phi) is 4.63. The third kappa shape index (κ3) is 3.18. The smallest absolute Gasteiger partial charge is 0.0951 e. The number of hydrogen-bond acceptors (Lipinski definition) is 3. The summed E-state index contributed by atoms with van der Waals surface area (Å²) in [6.45, 7) is 6.38. The molecule has 1 N–H and O–H groups in total. The summed E-state index contributed by atoms with van der Waals surface area (Å²) < 4.78 is 2.24. The molecule has 1 heterocycles. The minimum atomic E-state index is 0.364. The van der Waals surface area contributed by atoms with Gasteiger partial charge in [0, 0.05) is 30.9 Å². The van der Waals surface area contributed by atoms with Crippen LogP contribution in [0.1, 0.15) is 51.3 Å². The fourth-order valence-electron chi connectivity index (χ4n) is 3.17. The van der Waals surface area contributed by atoms with E-state index in [2.05, 4.69) is 47.7 Å². The molecule has 1 saturated carbocycles. The molecule has 2 rings (SSSR count). The van der Waals surface area contributed by atoms with Crippen LogP contribution < -0.4 is 5.32 Å². The van der Waals surface area contributed by atoms with Crippen LogP contribution in [0.25, 0.3) is 0 Å². The van der Waals surface area contributed by atoms with Crippen molar-refractivity contribution in [3.63, 3.8) is 0 Å². The van der Waals surface area contributed by atoms with Crippen molar-refractivity contribution in [2.75, 3.05) is 20.6 Å². The second-order valence-corrected chi connectivity index (χ2v) is 6.32. The van der Waals surface area contributed by atoms with E-state index in [4.69, 9.17) is 0 Å². The van der Waals surface area contributed by atoms with E-state index in [0.29, 0.717) is 11.6 Å². The summed E-state index contributed by atoms with van der Waals surface area (Å²) >= 11 is 0. The van der Waals surface area contributed by atoms with Crippen molar-refractivity contribution >= 4 is 0 Å². The molecule has 0 atom stereocenters. The van der Waals surface area contributed by atoms with Gasteiger partial charge < -0.3 is 14.8 Å². The van der Waals surface area contributed by atoms with Gasteiger partial charge in [-0.3, -0.25) is 0 Å². The number of hydrogen-bond donors (Lipinski definition) is 1. The molecule has 1 fully saturated rings. The highest BCUT2D eigenvalue weighted by atomic mass is 15.2. The van der Waals surface area contributed by atoms with Crippen molar-refractivity contribution in [2.45, 2.75) is 57.7 Å². The average molecular weight is 264 g/mol. The molecule has 0 aliphatic heterocycles. The summed E-state index contributed by atoms with van der Waals surface area (Å²) in [4.78, 5) is 6.67.